The molecule has 0 unspecified atom stereocenters. The van der Waals surface area contributed by atoms with Crippen molar-refractivity contribution < 1.29 is 5.11 Å². The van der Waals surface area contributed by atoms with Crippen molar-refractivity contribution in [3.63, 3.8) is 0 Å². The first-order valence-electron chi connectivity index (χ1n) is 5.70. The molecule has 0 bridgehead atoms. The number of aromatic nitrogens is 1. The summed E-state index contributed by atoms with van der Waals surface area (Å²) in [7, 11) is 0. The lowest BCUT2D eigenvalue weighted by Crippen LogP contribution is -2.47. The van der Waals surface area contributed by atoms with Gasteiger partial charge in [0.25, 0.3) is 0 Å². The average Bonchev–Trinajstić information content (AvgIpc) is 2.31. The van der Waals surface area contributed by atoms with Crippen LogP contribution in [0.15, 0.2) is 16.7 Å². The van der Waals surface area contributed by atoms with Gasteiger partial charge in [0.15, 0.2) is 5.82 Å². The predicted molar refractivity (Wildman–Crippen MR) is 72.1 cm³/mol. The minimum atomic E-state index is 0.221. The average molecular weight is 301 g/mol. The van der Waals surface area contributed by atoms with E-state index in [1.807, 2.05) is 6.07 Å². The Morgan fingerprint density at radius 1 is 1.35 bits per heavy atom. The standard InChI is InChI=1S/C11H17BrN4O/c12-9-7-10(13)11(14-8-9)16-3-1-15(2-4-16)5-6-17/h7-8,17H,1-6,13H2. The smallest absolute Gasteiger partial charge is 0.151 e. The van der Waals surface area contributed by atoms with Gasteiger partial charge in [0, 0.05) is 43.4 Å². The summed E-state index contributed by atoms with van der Waals surface area (Å²) in [6.45, 7) is 4.66. The van der Waals surface area contributed by atoms with E-state index >= 15 is 0 Å². The number of halogens is 1. The summed E-state index contributed by atoms with van der Waals surface area (Å²) in [5.74, 6) is 0.858. The number of piperazine rings is 1. The van der Waals surface area contributed by atoms with Crippen LogP contribution in [0, 0.1) is 0 Å². The first kappa shape index (κ1) is 12.6. The van der Waals surface area contributed by atoms with E-state index in [0.29, 0.717) is 5.69 Å². The Morgan fingerprint density at radius 2 is 2.06 bits per heavy atom. The number of aliphatic hydroxyl groups excluding tert-OH is 1. The second kappa shape index (κ2) is 5.66. The Morgan fingerprint density at radius 3 is 2.65 bits per heavy atom. The number of pyridine rings is 1. The normalized spacial score (nSPS) is 17.4. The van der Waals surface area contributed by atoms with E-state index in [0.717, 1.165) is 43.0 Å². The summed E-state index contributed by atoms with van der Waals surface area (Å²) >= 11 is 3.35. The predicted octanol–water partition coefficient (Wildman–Crippen LogP) is 0.541. The fourth-order valence-corrected chi connectivity index (χ4v) is 2.39. The van der Waals surface area contributed by atoms with Gasteiger partial charge in [-0.1, -0.05) is 0 Å². The van der Waals surface area contributed by atoms with Gasteiger partial charge in [-0.05, 0) is 22.0 Å². The van der Waals surface area contributed by atoms with Crippen LogP contribution in [0.2, 0.25) is 0 Å². The zero-order chi connectivity index (χ0) is 12.3. The van der Waals surface area contributed by atoms with Crippen molar-refractivity contribution in [1.29, 1.82) is 0 Å². The zero-order valence-corrected chi connectivity index (χ0v) is 11.2. The van der Waals surface area contributed by atoms with E-state index in [2.05, 4.69) is 30.7 Å². The molecule has 1 saturated heterocycles. The summed E-state index contributed by atoms with van der Waals surface area (Å²) in [4.78, 5) is 8.79. The van der Waals surface area contributed by atoms with Gasteiger partial charge >= 0.3 is 0 Å². The fourth-order valence-electron chi connectivity index (χ4n) is 2.04. The molecule has 0 amide bonds. The van der Waals surface area contributed by atoms with Crippen LogP contribution in [0.1, 0.15) is 0 Å². The van der Waals surface area contributed by atoms with Crippen LogP contribution in [0.3, 0.4) is 0 Å². The van der Waals surface area contributed by atoms with Crippen molar-refractivity contribution in [3.05, 3.63) is 16.7 Å². The van der Waals surface area contributed by atoms with Crippen molar-refractivity contribution in [2.45, 2.75) is 0 Å². The molecule has 0 atom stereocenters. The lowest BCUT2D eigenvalue weighted by Gasteiger charge is -2.35. The number of nitrogens with two attached hydrogens (primary N) is 1. The molecular weight excluding hydrogens is 284 g/mol. The second-order valence-electron chi connectivity index (χ2n) is 4.12. The van der Waals surface area contributed by atoms with Gasteiger partial charge in [-0.3, -0.25) is 4.90 Å². The molecule has 2 heterocycles. The summed E-state index contributed by atoms with van der Waals surface area (Å²) in [5.41, 5.74) is 6.66. The Hall–Kier alpha value is -0.850. The number of nitrogen functional groups attached to an aromatic ring is 1. The summed E-state index contributed by atoms with van der Waals surface area (Å²) in [5, 5.41) is 8.88. The van der Waals surface area contributed by atoms with Crippen LogP contribution in [0.25, 0.3) is 0 Å². The summed E-state index contributed by atoms with van der Waals surface area (Å²) < 4.78 is 0.901. The zero-order valence-electron chi connectivity index (χ0n) is 9.64. The minimum Gasteiger partial charge on any atom is -0.396 e. The number of hydrogen-bond acceptors (Lipinski definition) is 5. The Bertz CT molecular complexity index is 380. The van der Waals surface area contributed by atoms with Gasteiger partial charge < -0.3 is 15.7 Å². The van der Waals surface area contributed by atoms with Crippen LogP contribution < -0.4 is 10.6 Å². The topological polar surface area (TPSA) is 65.6 Å². The van der Waals surface area contributed by atoms with E-state index in [1.54, 1.807) is 6.20 Å². The van der Waals surface area contributed by atoms with E-state index in [9.17, 15) is 0 Å². The van der Waals surface area contributed by atoms with Crippen molar-refractivity contribution >= 4 is 27.4 Å². The molecular formula is C11H17BrN4O. The minimum absolute atomic E-state index is 0.221. The highest BCUT2D eigenvalue weighted by atomic mass is 79.9. The highest BCUT2D eigenvalue weighted by molar-refractivity contribution is 9.10. The Labute approximate surface area is 109 Å². The highest BCUT2D eigenvalue weighted by Gasteiger charge is 2.19. The highest BCUT2D eigenvalue weighted by Crippen LogP contribution is 2.24. The first-order valence-corrected chi connectivity index (χ1v) is 6.49. The monoisotopic (exact) mass is 300 g/mol. The molecule has 0 saturated carbocycles. The van der Waals surface area contributed by atoms with Gasteiger partial charge in [-0.2, -0.15) is 0 Å². The third-order valence-electron chi connectivity index (χ3n) is 2.95. The van der Waals surface area contributed by atoms with Gasteiger partial charge in [0.2, 0.25) is 0 Å². The van der Waals surface area contributed by atoms with Gasteiger partial charge in [-0.15, -0.1) is 0 Å². The van der Waals surface area contributed by atoms with Gasteiger partial charge in [0.05, 0.1) is 12.3 Å². The number of hydrogen-bond donors (Lipinski definition) is 2. The summed E-state index contributed by atoms with van der Waals surface area (Å²) in [6.07, 6.45) is 1.77. The molecule has 1 fully saturated rings. The molecule has 0 radical (unpaired) electrons. The lowest BCUT2D eigenvalue weighted by atomic mass is 10.3. The van der Waals surface area contributed by atoms with E-state index < -0.39 is 0 Å². The van der Waals surface area contributed by atoms with Crippen LogP contribution in [0.4, 0.5) is 11.5 Å². The maximum Gasteiger partial charge on any atom is 0.151 e. The molecule has 0 aromatic carbocycles. The molecule has 1 aliphatic rings. The largest absolute Gasteiger partial charge is 0.396 e. The molecule has 1 aromatic rings. The van der Waals surface area contributed by atoms with Gasteiger partial charge in [-0.25, -0.2) is 4.98 Å². The van der Waals surface area contributed by atoms with E-state index in [4.69, 9.17) is 10.8 Å². The maximum atomic E-state index is 8.88. The summed E-state index contributed by atoms with van der Waals surface area (Å²) in [6, 6.07) is 1.88. The number of rotatable bonds is 3. The second-order valence-corrected chi connectivity index (χ2v) is 5.03. The van der Waals surface area contributed by atoms with Crippen molar-refractivity contribution in [1.82, 2.24) is 9.88 Å². The molecule has 0 aliphatic carbocycles. The molecule has 2 rings (SSSR count). The molecule has 17 heavy (non-hydrogen) atoms. The molecule has 0 spiro atoms. The third kappa shape index (κ3) is 3.08. The lowest BCUT2D eigenvalue weighted by molar-refractivity contribution is 0.188. The quantitative estimate of drug-likeness (QED) is 0.853. The third-order valence-corrected chi connectivity index (χ3v) is 3.38. The first-order chi connectivity index (χ1) is 8.20. The van der Waals surface area contributed by atoms with Crippen LogP contribution in [-0.2, 0) is 0 Å². The van der Waals surface area contributed by atoms with Crippen molar-refractivity contribution in [3.8, 4) is 0 Å². The SMILES string of the molecule is Nc1cc(Br)cnc1N1CCN(CCO)CC1. The molecule has 6 heteroatoms. The van der Waals surface area contributed by atoms with Crippen LogP contribution >= 0.6 is 15.9 Å². The Balaban J connectivity index is 2.00. The van der Waals surface area contributed by atoms with E-state index in [-0.39, 0.29) is 6.61 Å². The van der Waals surface area contributed by atoms with Crippen molar-refractivity contribution in [2.24, 2.45) is 0 Å². The molecule has 94 valence electrons. The van der Waals surface area contributed by atoms with Gasteiger partial charge in [0.1, 0.15) is 0 Å². The fraction of sp³-hybridized carbons (Fsp3) is 0.545. The number of nitrogens with zero attached hydrogens (tertiary/aromatic N) is 3. The molecule has 1 aromatic heterocycles. The molecule has 5 nitrogen and oxygen atoms in total. The Kier molecular flexibility index (Phi) is 4.20. The number of anilines is 2. The number of β-amino-alcohol motifs (C(OH)–C–C–N with tert-alkyl or cyclic N) is 1. The molecule has 3 N–H and O–H groups in total. The van der Waals surface area contributed by atoms with E-state index in [1.165, 1.54) is 0 Å². The van der Waals surface area contributed by atoms with Crippen molar-refractivity contribution in [2.75, 3.05) is 50.0 Å². The molecule has 1 aliphatic heterocycles. The van der Waals surface area contributed by atoms with Crippen LogP contribution in [0.5, 0.6) is 0 Å². The maximum absolute atomic E-state index is 8.88. The number of aliphatic hydroxyl groups is 1. The van der Waals surface area contributed by atoms with Crippen LogP contribution in [-0.4, -0.2) is 54.3 Å².